The van der Waals surface area contributed by atoms with E-state index in [1.54, 1.807) is 22.9 Å². The highest BCUT2D eigenvalue weighted by molar-refractivity contribution is 8.00. The van der Waals surface area contributed by atoms with Crippen molar-refractivity contribution >= 4 is 57.6 Å². The zero-order valence-corrected chi connectivity index (χ0v) is 19.5. The zero-order valence-electron chi connectivity index (χ0n) is 17.9. The standard InChI is InChI=1S/C18H16N10O5S2/c1-33-24-10(13-23-18(19)35-25-13)14(29)22-11-15(30)27-12(17(31)32)8(6-34-16(11)27)5-26-7-21-28-9(26)3-2-4-20-28/h2-4,7,11,16H,5-6H2,1H3,(H3-,19,22,23,25,29,31,32)/b24-10-/t11?,16-/m1/s1. The van der Waals surface area contributed by atoms with Gasteiger partial charge in [0.2, 0.25) is 11.5 Å². The molecule has 3 N–H and O–H groups in total. The van der Waals surface area contributed by atoms with E-state index in [1.165, 1.54) is 29.8 Å². The van der Waals surface area contributed by atoms with E-state index >= 15 is 0 Å². The number of amides is 2. The number of nitrogens with two attached hydrogens (primary N) is 1. The Labute approximate surface area is 204 Å². The Morgan fingerprint density at radius 3 is 2.97 bits per heavy atom. The van der Waals surface area contributed by atoms with Gasteiger partial charge in [-0.25, -0.2) is 4.57 Å². The fourth-order valence-electron chi connectivity index (χ4n) is 3.76. The van der Waals surface area contributed by atoms with Crippen LogP contribution in [0.15, 0.2) is 41.1 Å². The summed E-state index contributed by atoms with van der Waals surface area (Å²) in [5.74, 6) is -2.60. The van der Waals surface area contributed by atoms with Crippen molar-refractivity contribution in [2.75, 3.05) is 18.6 Å². The van der Waals surface area contributed by atoms with Gasteiger partial charge in [0.25, 0.3) is 23.8 Å². The number of nitrogen functional groups attached to an aromatic ring is 1. The smallest absolute Gasteiger partial charge is 0.290 e. The first kappa shape index (κ1) is 22.7. The molecule has 3 aromatic heterocycles. The van der Waals surface area contributed by atoms with Crippen molar-refractivity contribution < 1.29 is 28.9 Å². The first-order valence-corrected chi connectivity index (χ1v) is 11.8. The number of rotatable bonds is 7. The number of hydrogen-bond acceptors (Lipinski definition) is 13. The van der Waals surface area contributed by atoms with E-state index in [0.717, 1.165) is 16.4 Å². The lowest BCUT2D eigenvalue weighted by Gasteiger charge is -2.50. The van der Waals surface area contributed by atoms with Gasteiger partial charge in [0, 0.05) is 28.0 Å². The third-order valence-corrected chi connectivity index (χ3v) is 7.13. The molecule has 0 radical (unpaired) electrons. The lowest BCUT2D eigenvalue weighted by atomic mass is 10.0. The highest BCUT2D eigenvalue weighted by atomic mass is 32.2. The Hall–Kier alpha value is -4.12. The number of carboxylic acids is 1. The molecule has 1 fully saturated rings. The van der Waals surface area contributed by atoms with Crippen LogP contribution in [0.2, 0.25) is 0 Å². The zero-order chi connectivity index (χ0) is 24.7. The number of carbonyl (C=O) groups is 3. The van der Waals surface area contributed by atoms with Gasteiger partial charge in [0.15, 0.2) is 5.13 Å². The molecule has 1 saturated heterocycles. The van der Waals surface area contributed by atoms with Crippen LogP contribution in [0.1, 0.15) is 5.82 Å². The average molecular weight is 517 g/mol. The maximum Gasteiger partial charge on any atom is 0.290 e. The molecule has 180 valence electrons. The van der Waals surface area contributed by atoms with Crippen LogP contribution < -0.4 is 20.7 Å². The molecule has 1 unspecified atom stereocenters. The first-order chi connectivity index (χ1) is 16.9. The molecule has 2 aliphatic rings. The van der Waals surface area contributed by atoms with Crippen LogP contribution in [0.3, 0.4) is 0 Å². The van der Waals surface area contributed by atoms with E-state index in [4.69, 9.17) is 10.6 Å². The maximum atomic E-state index is 12.9. The van der Waals surface area contributed by atoms with Gasteiger partial charge < -0.3 is 25.8 Å². The Balaban J connectivity index is 1.37. The van der Waals surface area contributed by atoms with Crippen molar-refractivity contribution in [3.05, 3.63) is 41.8 Å². The second-order valence-electron chi connectivity index (χ2n) is 7.31. The van der Waals surface area contributed by atoms with Crippen molar-refractivity contribution in [2.24, 2.45) is 5.16 Å². The third-order valence-electron chi connectivity index (χ3n) is 5.25. The maximum absolute atomic E-state index is 12.9. The number of oxime groups is 1. The molecule has 5 rings (SSSR count). The minimum Gasteiger partial charge on any atom is -0.543 e. The fourth-order valence-corrected chi connectivity index (χ4v) is 5.53. The summed E-state index contributed by atoms with van der Waals surface area (Å²) in [7, 11) is 1.24. The SMILES string of the molecule is CO/N=C(\C(=O)NC1C(=O)N2C(C(=O)[O-])=C(C[n+]3cnn4ncccc43)CS[C@H]12)c1nsc(N)n1. The van der Waals surface area contributed by atoms with Crippen LogP contribution in [-0.4, -0.2) is 76.9 Å². The molecule has 2 aliphatic heterocycles. The number of aromatic nitrogens is 6. The molecular weight excluding hydrogens is 500 g/mol. The van der Waals surface area contributed by atoms with Crippen molar-refractivity contribution in [3.63, 3.8) is 0 Å². The molecule has 0 aliphatic carbocycles. The van der Waals surface area contributed by atoms with Crippen LogP contribution in [0.25, 0.3) is 5.65 Å². The number of β-lactam (4-membered cyclic amide) rings is 1. The average Bonchev–Trinajstić information content (AvgIpc) is 3.46. The fraction of sp³-hybridized carbons (Fsp3) is 0.278. The number of carbonyl (C=O) groups excluding carboxylic acids is 3. The molecule has 0 saturated carbocycles. The molecular formula is C18H16N10O5S2. The highest BCUT2D eigenvalue weighted by Gasteiger charge is 2.53. The number of hydrogen-bond donors (Lipinski definition) is 2. The minimum absolute atomic E-state index is 0.0516. The number of thioether (sulfide) groups is 1. The van der Waals surface area contributed by atoms with Gasteiger partial charge in [-0.3, -0.25) is 14.5 Å². The summed E-state index contributed by atoms with van der Waals surface area (Å²) in [5.41, 5.74) is 6.20. The predicted molar refractivity (Wildman–Crippen MR) is 118 cm³/mol. The summed E-state index contributed by atoms with van der Waals surface area (Å²) in [6.45, 7) is 0.167. The molecule has 17 heteroatoms. The summed E-state index contributed by atoms with van der Waals surface area (Å²) in [6.07, 6.45) is 3.10. The number of fused-ring (bicyclic) bond motifs is 2. The largest absolute Gasteiger partial charge is 0.543 e. The molecule has 35 heavy (non-hydrogen) atoms. The molecule has 3 aromatic rings. The van der Waals surface area contributed by atoms with E-state index in [0.29, 0.717) is 11.2 Å². The van der Waals surface area contributed by atoms with Gasteiger partial charge in [-0.1, -0.05) is 10.3 Å². The molecule has 2 amide bonds. The Morgan fingerprint density at radius 2 is 2.26 bits per heavy atom. The Bertz CT molecular complexity index is 1420. The highest BCUT2D eigenvalue weighted by Crippen LogP contribution is 2.40. The van der Waals surface area contributed by atoms with Gasteiger partial charge in [-0.05, 0) is 11.6 Å². The Kier molecular flexibility index (Phi) is 5.77. The summed E-state index contributed by atoms with van der Waals surface area (Å²) in [6, 6.07) is 2.52. The van der Waals surface area contributed by atoms with E-state index in [1.807, 2.05) is 0 Å². The second-order valence-corrected chi connectivity index (χ2v) is 9.20. The quantitative estimate of drug-likeness (QED) is 0.140. The van der Waals surface area contributed by atoms with Crippen LogP contribution in [0.5, 0.6) is 0 Å². The van der Waals surface area contributed by atoms with E-state index < -0.39 is 29.2 Å². The van der Waals surface area contributed by atoms with Crippen molar-refractivity contribution in [1.29, 1.82) is 0 Å². The van der Waals surface area contributed by atoms with Gasteiger partial charge in [0.1, 0.15) is 18.5 Å². The third kappa shape index (κ3) is 3.93. The number of nitrogens with one attached hydrogen (secondary N) is 1. The van der Waals surface area contributed by atoms with Crippen molar-refractivity contribution in [2.45, 2.75) is 18.0 Å². The van der Waals surface area contributed by atoms with Crippen molar-refractivity contribution in [3.8, 4) is 0 Å². The van der Waals surface area contributed by atoms with Gasteiger partial charge in [-0.2, -0.15) is 9.36 Å². The molecule has 5 heterocycles. The second kappa shape index (κ2) is 8.91. The van der Waals surface area contributed by atoms with E-state index in [9.17, 15) is 19.5 Å². The molecule has 2 atom stereocenters. The summed E-state index contributed by atoms with van der Waals surface area (Å²) < 4.78 is 7.06. The molecule has 0 aromatic carbocycles. The number of carboxylic acid groups (broad SMARTS) is 1. The predicted octanol–water partition coefficient (Wildman–Crippen LogP) is -3.09. The van der Waals surface area contributed by atoms with Gasteiger partial charge >= 0.3 is 0 Å². The van der Waals surface area contributed by atoms with E-state index in [2.05, 4.69) is 30.0 Å². The minimum atomic E-state index is -1.48. The van der Waals surface area contributed by atoms with Crippen LogP contribution in [0, 0.1) is 0 Å². The monoisotopic (exact) mass is 516 g/mol. The van der Waals surface area contributed by atoms with E-state index in [-0.39, 0.29) is 34.7 Å². The molecule has 0 spiro atoms. The molecule has 15 nitrogen and oxygen atoms in total. The van der Waals surface area contributed by atoms with Crippen molar-refractivity contribution in [1.82, 2.24) is 34.4 Å². The van der Waals surface area contributed by atoms with Crippen LogP contribution in [0.4, 0.5) is 5.13 Å². The number of anilines is 1. The molecule has 0 bridgehead atoms. The lowest BCUT2D eigenvalue weighted by molar-refractivity contribution is -0.664. The van der Waals surface area contributed by atoms with Gasteiger partial charge in [-0.15, -0.1) is 11.8 Å². The topological polar surface area (TPSA) is 197 Å². The summed E-state index contributed by atoms with van der Waals surface area (Å²) in [4.78, 5) is 47.5. The first-order valence-electron chi connectivity index (χ1n) is 9.97. The lowest BCUT2D eigenvalue weighted by Crippen LogP contribution is -2.71. The van der Waals surface area contributed by atoms with Crippen LogP contribution >= 0.6 is 23.3 Å². The number of aliphatic carboxylic acids is 1. The summed E-state index contributed by atoms with van der Waals surface area (Å²) in [5, 5.41) is 25.9. The normalized spacial score (nSPS) is 20.0. The van der Waals surface area contributed by atoms with Gasteiger partial charge in [0.05, 0.1) is 29.5 Å². The van der Waals surface area contributed by atoms with Crippen LogP contribution in [-0.2, 0) is 25.8 Å². The number of nitrogens with zero attached hydrogens (tertiary/aromatic N) is 8. The summed E-state index contributed by atoms with van der Waals surface area (Å²) >= 11 is 2.18. The Morgan fingerprint density at radius 1 is 1.43 bits per heavy atom.